The maximum atomic E-state index is 12.2. The Morgan fingerprint density at radius 3 is 2.71 bits per heavy atom. The zero-order valence-electron chi connectivity index (χ0n) is 17.6. The maximum Gasteiger partial charge on any atom is 0.323 e. The smallest absolute Gasteiger partial charge is 0.323 e. The molecular formula is C23H27N5O3. The fraction of sp³-hybridized carbons (Fsp3) is 0.348. The van der Waals surface area contributed by atoms with Gasteiger partial charge in [-0.05, 0) is 49.6 Å². The van der Waals surface area contributed by atoms with Crippen molar-refractivity contribution in [3.63, 3.8) is 0 Å². The number of carbonyl (C=O) groups excluding carboxylic acids is 2. The average Bonchev–Trinajstić information content (AvgIpc) is 3.40. The molecule has 1 saturated heterocycles. The molecule has 2 heterocycles. The van der Waals surface area contributed by atoms with Gasteiger partial charge in [-0.15, -0.1) is 0 Å². The topological polar surface area (TPSA) is 97.3 Å². The average molecular weight is 422 g/mol. The summed E-state index contributed by atoms with van der Waals surface area (Å²) in [6.07, 6.45) is 2.99. The molecule has 8 nitrogen and oxygen atoms in total. The molecule has 3 N–H and O–H groups in total. The summed E-state index contributed by atoms with van der Waals surface area (Å²) >= 11 is 0. The molecule has 0 aliphatic carbocycles. The molecule has 1 fully saturated rings. The van der Waals surface area contributed by atoms with Crippen molar-refractivity contribution in [1.29, 1.82) is 0 Å². The van der Waals surface area contributed by atoms with Gasteiger partial charge in [-0.3, -0.25) is 4.79 Å². The highest BCUT2D eigenvalue weighted by Gasteiger charge is 2.22. The van der Waals surface area contributed by atoms with Crippen LogP contribution in [-0.2, 0) is 23.0 Å². The van der Waals surface area contributed by atoms with Crippen LogP contribution in [0.1, 0.15) is 25.1 Å². The number of rotatable bonds is 7. The van der Waals surface area contributed by atoms with Gasteiger partial charge in [0.05, 0.1) is 11.0 Å². The minimum Gasteiger partial charge on any atom is -0.368 e. The van der Waals surface area contributed by atoms with Crippen LogP contribution in [0.15, 0.2) is 48.5 Å². The molecular weight excluding hydrogens is 394 g/mol. The highest BCUT2D eigenvalue weighted by Crippen LogP contribution is 2.21. The second kappa shape index (κ2) is 9.61. The number of nitrogens with zero attached hydrogens (tertiary/aromatic N) is 2. The van der Waals surface area contributed by atoms with E-state index in [-0.39, 0.29) is 18.0 Å². The van der Waals surface area contributed by atoms with E-state index in [4.69, 9.17) is 9.72 Å². The number of aryl methyl sites for hydroxylation is 2. The molecule has 1 aliphatic heterocycles. The van der Waals surface area contributed by atoms with Crippen LogP contribution >= 0.6 is 0 Å². The number of ether oxygens (including phenoxy) is 1. The summed E-state index contributed by atoms with van der Waals surface area (Å²) in [5, 5.41) is 8.59. The molecule has 1 atom stereocenters. The third kappa shape index (κ3) is 5.21. The third-order valence-electron chi connectivity index (χ3n) is 5.36. The Labute approximate surface area is 181 Å². The van der Waals surface area contributed by atoms with E-state index < -0.39 is 0 Å². The number of benzene rings is 2. The van der Waals surface area contributed by atoms with E-state index in [0.717, 1.165) is 48.2 Å². The second-order valence-electron chi connectivity index (χ2n) is 7.63. The van der Waals surface area contributed by atoms with Gasteiger partial charge in [-0.25, -0.2) is 9.78 Å². The number of amides is 3. The summed E-state index contributed by atoms with van der Waals surface area (Å²) in [6, 6.07) is 14.7. The lowest BCUT2D eigenvalue weighted by molar-refractivity contribution is -0.130. The maximum absolute atomic E-state index is 12.2. The lowest BCUT2D eigenvalue weighted by Crippen LogP contribution is -2.34. The second-order valence-corrected chi connectivity index (χ2v) is 7.63. The predicted octanol–water partition coefficient (Wildman–Crippen LogP) is 3.45. The third-order valence-corrected chi connectivity index (χ3v) is 5.36. The first-order chi connectivity index (χ1) is 15.1. The first kappa shape index (κ1) is 20.9. The summed E-state index contributed by atoms with van der Waals surface area (Å²) < 4.78 is 7.44. The monoisotopic (exact) mass is 421 g/mol. The van der Waals surface area contributed by atoms with Crippen LogP contribution in [0.4, 0.5) is 16.2 Å². The number of hydrogen-bond acceptors (Lipinski definition) is 4. The Bertz CT molecular complexity index is 1060. The normalized spacial score (nSPS) is 15.7. The molecule has 2 aromatic carbocycles. The molecule has 0 bridgehead atoms. The summed E-state index contributed by atoms with van der Waals surface area (Å²) in [6.45, 7) is 1.26. The minimum atomic E-state index is -0.302. The number of para-hydroxylation sites is 1. The lowest BCUT2D eigenvalue weighted by Gasteiger charge is -2.10. The number of urea groups is 1. The molecule has 3 amide bonds. The molecule has 8 heteroatoms. The van der Waals surface area contributed by atoms with E-state index in [9.17, 15) is 9.59 Å². The minimum absolute atomic E-state index is 0.0213. The van der Waals surface area contributed by atoms with Crippen molar-refractivity contribution in [2.45, 2.75) is 31.8 Å². The van der Waals surface area contributed by atoms with Crippen LogP contribution in [0.2, 0.25) is 0 Å². The Hall–Kier alpha value is -3.39. The zero-order valence-corrected chi connectivity index (χ0v) is 17.6. The van der Waals surface area contributed by atoms with Gasteiger partial charge in [-0.2, -0.15) is 0 Å². The quantitative estimate of drug-likeness (QED) is 0.509. The van der Waals surface area contributed by atoms with E-state index in [0.29, 0.717) is 18.8 Å². The van der Waals surface area contributed by atoms with Crippen LogP contribution in [0.25, 0.3) is 11.0 Å². The van der Waals surface area contributed by atoms with Crippen molar-refractivity contribution in [1.82, 2.24) is 14.9 Å². The van der Waals surface area contributed by atoms with Crippen molar-refractivity contribution >= 4 is 34.3 Å². The van der Waals surface area contributed by atoms with Crippen molar-refractivity contribution in [3.05, 3.63) is 54.4 Å². The fourth-order valence-electron chi connectivity index (χ4n) is 3.72. The highest BCUT2D eigenvalue weighted by molar-refractivity contribution is 6.00. The fourth-order valence-corrected chi connectivity index (χ4v) is 3.72. The van der Waals surface area contributed by atoms with Crippen molar-refractivity contribution < 1.29 is 14.3 Å². The Morgan fingerprint density at radius 2 is 1.94 bits per heavy atom. The molecule has 4 rings (SSSR count). The van der Waals surface area contributed by atoms with E-state index in [1.165, 1.54) is 0 Å². The van der Waals surface area contributed by atoms with Gasteiger partial charge in [0.2, 0.25) is 5.91 Å². The van der Waals surface area contributed by atoms with Crippen molar-refractivity contribution in [2.75, 3.05) is 23.8 Å². The first-order valence-corrected chi connectivity index (χ1v) is 10.6. The van der Waals surface area contributed by atoms with E-state index >= 15 is 0 Å². The SMILES string of the molecule is Cn1c(CCCNC(=O)[C@H]2CCCO2)nc2cc(NC(=O)Nc3ccccc3)ccc21. The number of imidazole rings is 1. The van der Waals surface area contributed by atoms with Gasteiger partial charge in [0, 0.05) is 38.0 Å². The van der Waals surface area contributed by atoms with E-state index in [1.54, 1.807) is 0 Å². The predicted molar refractivity (Wildman–Crippen MR) is 120 cm³/mol. The number of nitrogens with one attached hydrogen (secondary N) is 3. The number of carbonyl (C=O) groups is 2. The van der Waals surface area contributed by atoms with Crippen LogP contribution in [0.5, 0.6) is 0 Å². The molecule has 0 radical (unpaired) electrons. The molecule has 162 valence electrons. The van der Waals surface area contributed by atoms with Crippen molar-refractivity contribution in [3.8, 4) is 0 Å². The molecule has 3 aromatic rings. The van der Waals surface area contributed by atoms with Gasteiger partial charge in [0.25, 0.3) is 0 Å². The molecule has 1 aromatic heterocycles. The Balaban J connectivity index is 1.32. The van der Waals surface area contributed by atoms with Gasteiger partial charge >= 0.3 is 6.03 Å². The van der Waals surface area contributed by atoms with Crippen LogP contribution in [-0.4, -0.2) is 40.7 Å². The molecule has 0 saturated carbocycles. The summed E-state index contributed by atoms with van der Waals surface area (Å²) in [5.74, 6) is 0.916. The first-order valence-electron chi connectivity index (χ1n) is 10.6. The van der Waals surface area contributed by atoms with Gasteiger partial charge in [0.1, 0.15) is 11.9 Å². The molecule has 0 spiro atoms. The molecule has 1 aliphatic rings. The van der Waals surface area contributed by atoms with E-state index in [1.807, 2.05) is 60.1 Å². The summed E-state index contributed by atoms with van der Waals surface area (Å²) in [7, 11) is 1.98. The zero-order chi connectivity index (χ0) is 21.6. The number of aromatic nitrogens is 2. The van der Waals surface area contributed by atoms with Gasteiger partial charge in [0.15, 0.2) is 0 Å². The summed E-state index contributed by atoms with van der Waals surface area (Å²) in [5.41, 5.74) is 3.22. The largest absolute Gasteiger partial charge is 0.368 e. The standard InChI is InChI=1S/C23H27N5O3/c1-28-19-12-11-17(26-23(30)25-16-7-3-2-4-8-16)15-18(19)27-21(28)10-5-13-24-22(29)20-9-6-14-31-20/h2-4,7-8,11-12,15,20H,5-6,9-10,13-14H2,1H3,(H,24,29)(H2,25,26,30)/t20-/m1/s1. The van der Waals surface area contributed by atoms with Gasteiger partial charge in [-0.1, -0.05) is 18.2 Å². The van der Waals surface area contributed by atoms with Crippen LogP contribution in [0.3, 0.4) is 0 Å². The number of fused-ring (bicyclic) bond motifs is 1. The van der Waals surface area contributed by atoms with Crippen LogP contribution < -0.4 is 16.0 Å². The number of hydrogen-bond donors (Lipinski definition) is 3. The number of anilines is 2. The Kier molecular flexibility index (Phi) is 6.47. The highest BCUT2D eigenvalue weighted by atomic mass is 16.5. The summed E-state index contributed by atoms with van der Waals surface area (Å²) in [4.78, 5) is 28.9. The molecule has 31 heavy (non-hydrogen) atoms. The van der Waals surface area contributed by atoms with Crippen LogP contribution in [0, 0.1) is 0 Å². The lowest BCUT2D eigenvalue weighted by atomic mass is 10.2. The Morgan fingerprint density at radius 1 is 1.13 bits per heavy atom. The van der Waals surface area contributed by atoms with Crippen molar-refractivity contribution in [2.24, 2.45) is 7.05 Å². The van der Waals surface area contributed by atoms with E-state index in [2.05, 4.69) is 16.0 Å². The van der Waals surface area contributed by atoms with Gasteiger partial charge < -0.3 is 25.3 Å². The molecule has 0 unspecified atom stereocenters.